The predicted octanol–water partition coefficient (Wildman–Crippen LogP) is 2.98. The van der Waals surface area contributed by atoms with E-state index in [0.29, 0.717) is 13.2 Å². The molecule has 1 aromatic heterocycles. The van der Waals surface area contributed by atoms with Gasteiger partial charge in [0.05, 0.1) is 5.69 Å². The molecule has 1 aromatic carbocycles. The van der Waals surface area contributed by atoms with E-state index in [9.17, 15) is 4.79 Å². The van der Waals surface area contributed by atoms with Crippen LogP contribution >= 0.6 is 0 Å². The van der Waals surface area contributed by atoms with Crippen molar-refractivity contribution in [2.45, 2.75) is 6.61 Å². The molecule has 0 unspecified atom stereocenters. The molecule has 0 fully saturated rings. The molecule has 2 rings (SSSR count). The van der Waals surface area contributed by atoms with Crippen LogP contribution in [-0.2, 0) is 11.4 Å². The van der Waals surface area contributed by atoms with Crippen LogP contribution in [0.1, 0.15) is 11.3 Å². The van der Waals surface area contributed by atoms with Crippen LogP contribution in [0, 0.1) is 0 Å². The van der Waals surface area contributed by atoms with Gasteiger partial charge < -0.3 is 10.1 Å². The van der Waals surface area contributed by atoms with Crippen LogP contribution in [0.25, 0.3) is 6.08 Å². The fourth-order valence-electron chi connectivity index (χ4n) is 1.72. The molecule has 1 N–H and O–H groups in total. The lowest BCUT2D eigenvalue weighted by Crippen LogP contribution is -2.20. The maximum Gasteiger partial charge on any atom is 0.244 e. The van der Waals surface area contributed by atoms with Crippen molar-refractivity contribution in [1.29, 1.82) is 0 Å². The highest BCUT2D eigenvalue weighted by Crippen LogP contribution is 2.14. The van der Waals surface area contributed by atoms with Gasteiger partial charge in [0.15, 0.2) is 0 Å². The van der Waals surface area contributed by atoms with Gasteiger partial charge in [-0.15, -0.1) is 6.58 Å². The Morgan fingerprint density at radius 3 is 2.73 bits per heavy atom. The van der Waals surface area contributed by atoms with Crippen molar-refractivity contribution < 1.29 is 9.53 Å². The number of rotatable bonds is 7. The number of nitrogens with one attached hydrogen (secondary N) is 1. The van der Waals surface area contributed by atoms with Crippen LogP contribution in [0.2, 0.25) is 0 Å². The molecular weight excluding hydrogens is 276 g/mol. The summed E-state index contributed by atoms with van der Waals surface area (Å²) in [4.78, 5) is 15.6. The molecule has 22 heavy (non-hydrogen) atoms. The number of ether oxygens (including phenoxy) is 1. The maximum atomic E-state index is 11.4. The number of pyridine rings is 1. The SMILES string of the molecule is C=CCNC(=O)/C=C/c1ccc(OCc2ccccn2)cc1. The first-order valence-corrected chi connectivity index (χ1v) is 6.97. The highest BCUT2D eigenvalue weighted by Gasteiger charge is 1.97. The highest BCUT2D eigenvalue weighted by molar-refractivity contribution is 5.91. The molecule has 0 aliphatic carbocycles. The minimum Gasteiger partial charge on any atom is -0.487 e. The van der Waals surface area contributed by atoms with Crippen molar-refractivity contribution in [2.24, 2.45) is 0 Å². The van der Waals surface area contributed by atoms with E-state index in [-0.39, 0.29) is 5.91 Å². The molecule has 0 spiro atoms. The summed E-state index contributed by atoms with van der Waals surface area (Å²) < 4.78 is 5.65. The molecule has 0 aliphatic rings. The number of hydrogen-bond acceptors (Lipinski definition) is 3. The van der Waals surface area contributed by atoms with Crippen molar-refractivity contribution in [3.8, 4) is 5.75 Å². The number of nitrogens with zero attached hydrogens (tertiary/aromatic N) is 1. The van der Waals surface area contributed by atoms with Gasteiger partial charge in [-0.25, -0.2) is 0 Å². The third kappa shape index (κ3) is 5.25. The second kappa shape index (κ2) is 8.42. The van der Waals surface area contributed by atoms with Gasteiger partial charge in [0.25, 0.3) is 0 Å². The van der Waals surface area contributed by atoms with Crippen molar-refractivity contribution >= 4 is 12.0 Å². The Morgan fingerprint density at radius 2 is 2.05 bits per heavy atom. The smallest absolute Gasteiger partial charge is 0.244 e. The molecule has 112 valence electrons. The van der Waals surface area contributed by atoms with Gasteiger partial charge in [-0.1, -0.05) is 24.3 Å². The number of aromatic nitrogens is 1. The Balaban J connectivity index is 1.86. The van der Waals surface area contributed by atoms with E-state index in [0.717, 1.165) is 17.0 Å². The van der Waals surface area contributed by atoms with E-state index >= 15 is 0 Å². The first-order chi connectivity index (χ1) is 10.8. The molecule has 2 aromatic rings. The van der Waals surface area contributed by atoms with E-state index in [1.54, 1.807) is 18.3 Å². The number of carbonyl (C=O) groups is 1. The normalized spacial score (nSPS) is 10.4. The molecular formula is C18H18N2O2. The average Bonchev–Trinajstić information content (AvgIpc) is 2.58. The minimum absolute atomic E-state index is 0.143. The number of benzene rings is 1. The molecule has 4 heteroatoms. The Hall–Kier alpha value is -2.88. The van der Waals surface area contributed by atoms with Gasteiger partial charge in [-0.05, 0) is 35.9 Å². The summed E-state index contributed by atoms with van der Waals surface area (Å²) in [7, 11) is 0. The Kier molecular flexibility index (Phi) is 5.93. The molecule has 1 heterocycles. The Morgan fingerprint density at radius 1 is 1.23 bits per heavy atom. The van der Waals surface area contributed by atoms with Gasteiger partial charge in [-0.3, -0.25) is 9.78 Å². The lowest BCUT2D eigenvalue weighted by Gasteiger charge is -2.05. The topological polar surface area (TPSA) is 51.2 Å². The first kappa shape index (κ1) is 15.5. The Bertz CT molecular complexity index is 634. The summed E-state index contributed by atoms with van der Waals surface area (Å²) in [5.41, 5.74) is 1.81. The van der Waals surface area contributed by atoms with E-state index < -0.39 is 0 Å². The van der Waals surface area contributed by atoms with Gasteiger partial charge in [0.2, 0.25) is 5.91 Å². The van der Waals surface area contributed by atoms with E-state index in [2.05, 4.69) is 16.9 Å². The van der Waals surface area contributed by atoms with Crippen LogP contribution in [0.15, 0.2) is 67.4 Å². The predicted molar refractivity (Wildman–Crippen MR) is 87.3 cm³/mol. The second-order valence-electron chi connectivity index (χ2n) is 4.55. The molecule has 0 radical (unpaired) electrons. The maximum absolute atomic E-state index is 11.4. The summed E-state index contributed by atoms with van der Waals surface area (Å²) in [6.07, 6.45) is 6.62. The zero-order valence-electron chi connectivity index (χ0n) is 12.2. The van der Waals surface area contributed by atoms with Gasteiger partial charge in [0.1, 0.15) is 12.4 Å². The third-order valence-corrected chi connectivity index (χ3v) is 2.84. The zero-order valence-corrected chi connectivity index (χ0v) is 12.2. The summed E-state index contributed by atoms with van der Waals surface area (Å²) in [5.74, 6) is 0.620. The fourth-order valence-corrected chi connectivity index (χ4v) is 1.72. The largest absolute Gasteiger partial charge is 0.487 e. The molecule has 4 nitrogen and oxygen atoms in total. The number of hydrogen-bond donors (Lipinski definition) is 1. The van der Waals surface area contributed by atoms with Gasteiger partial charge >= 0.3 is 0 Å². The lowest BCUT2D eigenvalue weighted by molar-refractivity contribution is -0.116. The van der Waals surface area contributed by atoms with E-state index in [1.165, 1.54) is 6.08 Å². The van der Waals surface area contributed by atoms with Crippen LogP contribution in [0.3, 0.4) is 0 Å². The van der Waals surface area contributed by atoms with Crippen molar-refractivity contribution in [3.05, 3.63) is 78.6 Å². The van der Waals surface area contributed by atoms with Crippen LogP contribution in [0.5, 0.6) is 5.75 Å². The van der Waals surface area contributed by atoms with Crippen LogP contribution in [-0.4, -0.2) is 17.4 Å². The fraction of sp³-hybridized carbons (Fsp3) is 0.111. The van der Waals surface area contributed by atoms with Gasteiger partial charge in [0, 0.05) is 18.8 Å². The second-order valence-corrected chi connectivity index (χ2v) is 4.55. The monoisotopic (exact) mass is 294 g/mol. The summed E-state index contributed by atoms with van der Waals surface area (Å²) in [5, 5.41) is 2.68. The molecule has 0 atom stereocenters. The van der Waals surface area contributed by atoms with Crippen molar-refractivity contribution in [1.82, 2.24) is 10.3 Å². The zero-order chi connectivity index (χ0) is 15.6. The summed E-state index contributed by atoms with van der Waals surface area (Å²) >= 11 is 0. The summed E-state index contributed by atoms with van der Waals surface area (Å²) in [6, 6.07) is 13.2. The molecule has 1 amide bonds. The average molecular weight is 294 g/mol. The third-order valence-electron chi connectivity index (χ3n) is 2.84. The standard InChI is InChI=1S/C18H18N2O2/c1-2-12-20-18(21)11-8-15-6-9-17(10-7-15)22-14-16-5-3-4-13-19-16/h2-11,13H,1,12,14H2,(H,20,21)/b11-8+. The Labute approximate surface area is 130 Å². The highest BCUT2D eigenvalue weighted by atomic mass is 16.5. The molecule has 0 bridgehead atoms. The quantitative estimate of drug-likeness (QED) is 0.631. The number of carbonyl (C=O) groups excluding carboxylic acids is 1. The van der Waals surface area contributed by atoms with Crippen molar-refractivity contribution in [2.75, 3.05) is 6.54 Å². The number of amides is 1. The van der Waals surface area contributed by atoms with Crippen LogP contribution < -0.4 is 10.1 Å². The van der Waals surface area contributed by atoms with Gasteiger partial charge in [-0.2, -0.15) is 0 Å². The molecule has 0 saturated heterocycles. The molecule has 0 saturated carbocycles. The lowest BCUT2D eigenvalue weighted by atomic mass is 10.2. The van der Waals surface area contributed by atoms with Crippen molar-refractivity contribution in [3.63, 3.8) is 0 Å². The van der Waals surface area contributed by atoms with Crippen LogP contribution in [0.4, 0.5) is 0 Å². The molecule has 0 aliphatic heterocycles. The van der Waals surface area contributed by atoms with E-state index in [1.807, 2.05) is 42.5 Å². The minimum atomic E-state index is -0.143. The first-order valence-electron chi connectivity index (χ1n) is 6.97. The summed E-state index contributed by atoms with van der Waals surface area (Å²) in [6.45, 7) is 4.44. The van der Waals surface area contributed by atoms with E-state index in [4.69, 9.17) is 4.74 Å².